The number of ether oxygens (including phenoxy) is 2. The minimum atomic E-state index is -0.618. The number of rotatable bonds is 4. The van der Waals surface area contributed by atoms with Crippen molar-refractivity contribution in [2.24, 2.45) is 0 Å². The van der Waals surface area contributed by atoms with Crippen LogP contribution in [0.2, 0.25) is 0 Å². The van der Waals surface area contributed by atoms with Crippen LogP contribution in [0, 0.1) is 20.8 Å². The van der Waals surface area contributed by atoms with Crippen LogP contribution in [0.5, 0.6) is 0 Å². The van der Waals surface area contributed by atoms with Crippen LogP contribution >= 0.6 is 22.7 Å². The fraction of sp³-hybridized carbons (Fsp3) is 0.312. The van der Waals surface area contributed by atoms with E-state index >= 15 is 0 Å². The van der Waals surface area contributed by atoms with Crippen LogP contribution in [-0.2, 0) is 9.47 Å². The fourth-order valence-corrected chi connectivity index (χ4v) is 4.12. The second-order valence-electron chi connectivity index (χ2n) is 5.03. The molecule has 1 amide bonds. The Bertz CT molecular complexity index is 819. The van der Waals surface area contributed by atoms with Crippen molar-refractivity contribution in [2.75, 3.05) is 19.5 Å². The quantitative estimate of drug-likeness (QED) is 0.836. The van der Waals surface area contributed by atoms with Gasteiger partial charge in [-0.2, -0.15) is 0 Å². The van der Waals surface area contributed by atoms with Gasteiger partial charge in [0.05, 0.1) is 25.3 Å². The first kappa shape index (κ1) is 18.2. The van der Waals surface area contributed by atoms with Gasteiger partial charge in [0.1, 0.15) is 9.88 Å². The second kappa shape index (κ2) is 7.14. The summed E-state index contributed by atoms with van der Waals surface area (Å²) in [6.45, 7) is 5.41. The fourth-order valence-electron chi connectivity index (χ4n) is 2.14. The number of hydrogen-bond acceptors (Lipinski definition) is 7. The van der Waals surface area contributed by atoms with Crippen LogP contribution in [-0.4, -0.2) is 32.1 Å². The van der Waals surface area contributed by atoms with Crippen LogP contribution in [0.15, 0.2) is 5.38 Å². The SMILES string of the molecule is COC(=O)c1sc(NC(=O)c2csc(C)c2C)c(C(=O)OC)c1C. The first-order valence-electron chi connectivity index (χ1n) is 6.97. The molecule has 0 fully saturated rings. The highest BCUT2D eigenvalue weighted by Gasteiger charge is 2.27. The first-order chi connectivity index (χ1) is 11.3. The summed E-state index contributed by atoms with van der Waals surface area (Å²) >= 11 is 2.47. The average molecular weight is 367 g/mol. The lowest BCUT2D eigenvalue weighted by Crippen LogP contribution is -2.14. The summed E-state index contributed by atoms with van der Waals surface area (Å²) < 4.78 is 9.49. The summed E-state index contributed by atoms with van der Waals surface area (Å²) in [5.74, 6) is -1.52. The van der Waals surface area contributed by atoms with Crippen LogP contribution in [0.1, 0.15) is 46.4 Å². The molecule has 0 aromatic carbocycles. The Kier molecular flexibility index (Phi) is 5.40. The standard InChI is InChI=1S/C16H17NO5S2/c1-7-9(3)23-6-10(7)13(18)17-14-11(15(19)21-4)8(2)12(24-14)16(20)22-5/h6H,1-5H3,(H,17,18). The largest absolute Gasteiger partial charge is 0.465 e. The van der Waals surface area contributed by atoms with Gasteiger partial charge in [-0.3, -0.25) is 4.79 Å². The number of aryl methyl sites for hydroxylation is 1. The maximum Gasteiger partial charge on any atom is 0.348 e. The highest BCUT2D eigenvalue weighted by Crippen LogP contribution is 2.35. The Labute approximate surface area is 147 Å². The molecule has 0 saturated heterocycles. The number of carbonyl (C=O) groups excluding carboxylic acids is 3. The Balaban J connectivity index is 2.45. The van der Waals surface area contributed by atoms with E-state index in [4.69, 9.17) is 9.47 Å². The van der Waals surface area contributed by atoms with Gasteiger partial charge in [0, 0.05) is 10.3 Å². The minimum absolute atomic E-state index is 0.167. The normalized spacial score (nSPS) is 10.4. The number of nitrogens with one attached hydrogen (secondary N) is 1. The average Bonchev–Trinajstić information content (AvgIpc) is 3.06. The summed E-state index contributed by atoms with van der Waals surface area (Å²) in [5, 5.41) is 4.75. The van der Waals surface area contributed by atoms with E-state index in [1.807, 2.05) is 13.8 Å². The Morgan fingerprint density at radius 1 is 1.00 bits per heavy atom. The molecule has 1 N–H and O–H groups in total. The number of carbonyl (C=O) groups is 3. The number of hydrogen-bond donors (Lipinski definition) is 1. The van der Waals surface area contributed by atoms with Crippen LogP contribution in [0.3, 0.4) is 0 Å². The minimum Gasteiger partial charge on any atom is -0.465 e. The zero-order valence-electron chi connectivity index (χ0n) is 13.9. The van der Waals surface area contributed by atoms with Gasteiger partial charge in [-0.25, -0.2) is 9.59 Å². The lowest BCUT2D eigenvalue weighted by molar-refractivity contribution is 0.0601. The van der Waals surface area contributed by atoms with E-state index in [1.165, 1.54) is 25.6 Å². The summed E-state index contributed by atoms with van der Waals surface area (Å²) in [6, 6.07) is 0. The summed E-state index contributed by atoms with van der Waals surface area (Å²) in [5.41, 5.74) is 2.02. The lowest BCUT2D eigenvalue weighted by atomic mass is 10.1. The van der Waals surface area contributed by atoms with E-state index in [9.17, 15) is 14.4 Å². The number of anilines is 1. The second-order valence-corrected chi connectivity index (χ2v) is 7.13. The zero-order chi connectivity index (χ0) is 18.0. The molecule has 2 heterocycles. The molecular weight excluding hydrogens is 350 g/mol. The van der Waals surface area contributed by atoms with E-state index in [0.29, 0.717) is 11.1 Å². The van der Waals surface area contributed by atoms with Crippen molar-refractivity contribution < 1.29 is 23.9 Å². The maximum atomic E-state index is 12.5. The number of esters is 2. The molecule has 128 valence electrons. The van der Waals surface area contributed by atoms with Gasteiger partial charge in [0.2, 0.25) is 0 Å². The van der Waals surface area contributed by atoms with E-state index in [-0.39, 0.29) is 21.3 Å². The van der Waals surface area contributed by atoms with Crippen molar-refractivity contribution in [2.45, 2.75) is 20.8 Å². The topological polar surface area (TPSA) is 81.7 Å². The monoisotopic (exact) mass is 367 g/mol. The molecule has 2 aromatic heterocycles. The van der Waals surface area contributed by atoms with Crippen LogP contribution < -0.4 is 5.32 Å². The summed E-state index contributed by atoms with van der Waals surface area (Å²) in [6.07, 6.45) is 0. The van der Waals surface area contributed by atoms with E-state index in [2.05, 4.69) is 5.32 Å². The van der Waals surface area contributed by atoms with Crippen molar-refractivity contribution in [1.82, 2.24) is 0 Å². The smallest absolute Gasteiger partial charge is 0.348 e. The number of thiophene rings is 2. The molecule has 2 rings (SSSR count). The van der Waals surface area contributed by atoms with Gasteiger partial charge in [-0.15, -0.1) is 22.7 Å². The van der Waals surface area contributed by atoms with Gasteiger partial charge in [0.25, 0.3) is 5.91 Å². The van der Waals surface area contributed by atoms with E-state index in [0.717, 1.165) is 21.8 Å². The highest BCUT2D eigenvalue weighted by atomic mass is 32.1. The first-order valence-corrected chi connectivity index (χ1v) is 8.67. The molecule has 0 aliphatic heterocycles. The van der Waals surface area contributed by atoms with E-state index < -0.39 is 11.9 Å². The van der Waals surface area contributed by atoms with Gasteiger partial charge < -0.3 is 14.8 Å². The summed E-state index contributed by atoms with van der Waals surface area (Å²) in [7, 11) is 2.50. The van der Waals surface area contributed by atoms with Crippen molar-refractivity contribution in [1.29, 1.82) is 0 Å². The lowest BCUT2D eigenvalue weighted by Gasteiger charge is -2.06. The van der Waals surface area contributed by atoms with Crippen molar-refractivity contribution >= 4 is 45.5 Å². The molecule has 24 heavy (non-hydrogen) atoms. The molecule has 2 aromatic rings. The zero-order valence-corrected chi connectivity index (χ0v) is 15.6. The molecular formula is C16H17NO5S2. The van der Waals surface area contributed by atoms with E-state index in [1.54, 1.807) is 12.3 Å². The maximum absolute atomic E-state index is 12.5. The third-order valence-electron chi connectivity index (χ3n) is 3.66. The van der Waals surface area contributed by atoms with Gasteiger partial charge >= 0.3 is 11.9 Å². The number of amides is 1. The third-order valence-corrected chi connectivity index (χ3v) is 5.87. The molecule has 0 bridgehead atoms. The van der Waals surface area contributed by atoms with Crippen LogP contribution in [0.25, 0.3) is 0 Å². The third kappa shape index (κ3) is 3.20. The summed E-state index contributed by atoms with van der Waals surface area (Å²) in [4.78, 5) is 37.7. The van der Waals surface area contributed by atoms with Crippen molar-refractivity contribution in [3.05, 3.63) is 37.4 Å². The van der Waals surface area contributed by atoms with Gasteiger partial charge in [0.15, 0.2) is 0 Å². The Morgan fingerprint density at radius 3 is 2.12 bits per heavy atom. The number of methoxy groups -OCH3 is 2. The highest BCUT2D eigenvalue weighted by molar-refractivity contribution is 7.18. The molecule has 8 heteroatoms. The molecule has 0 radical (unpaired) electrons. The molecule has 0 saturated carbocycles. The Hall–Kier alpha value is -2.19. The predicted octanol–water partition coefficient (Wildman–Crippen LogP) is 3.56. The van der Waals surface area contributed by atoms with Crippen molar-refractivity contribution in [3.63, 3.8) is 0 Å². The molecule has 0 atom stereocenters. The van der Waals surface area contributed by atoms with Gasteiger partial charge in [-0.05, 0) is 31.9 Å². The Morgan fingerprint density at radius 2 is 1.62 bits per heavy atom. The molecule has 0 aliphatic carbocycles. The molecule has 0 aliphatic rings. The molecule has 0 spiro atoms. The molecule has 0 unspecified atom stereocenters. The predicted molar refractivity (Wildman–Crippen MR) is 93.5 cm³/mol. The molecule has 6 nitrogen and oxygen atoms in total. The van der Waals surface area contributed by atoms with Crippen molar-refractivity contribution in [3.8, 4) is 0 Å². The van der Waals surface area contributed by atoms with Gasteiger partial charge in [-0.1, -0.05) is 0 Å². The van der Waals surface area contributed by atoms with Crippen LogP contribution in [0.4, 0.5) is 5.00 Å².